The van der Waals surface area contributed by atoms with Gasteiger partial charge < -0.3 is 0 Å². The molecule has 1 aromatic heterocycles. The van der Waals surface area contributed by atoms with E-state index in [1.54, 1.807) is 16.8 Å². The lowest BCUT2D eigenvalue weighted by Gasteiger charge is -2.06. The van der Waals surface area contributed by atoms with Crippen LogP contribution in [0.3, 0.4) is 0 Å². The van der Waals surface area contributed by atoms with Crippen molar-refractivity contribution in [3.63, 3.8) is 0 Å². The van der Waals surface area contributed by atoms with E-state index < -0.39 is 22.5 Å². The minimum atomic E-state index is -3.80. The zero-order chi connectivity index (χ0) is 24.8. The molecule has 178 valence electrons. The first-order chi connectivity index (χ1) is 16.8. The van der Waals surface area contributed by atoms with Gasteiger partial charge in [0.05, 0.1) is 23.3 Å². The highest BCUT2D eigenvalue weighted by Crippen LogP contribution is 2.23. The van der Waals surface area contributed by atoms with Crippen LogP contribution < -0.4 is 10.1 Å². The van der Waals surface area contributed by atoms with Crippen LogP contribution in [0.2, 0.25) is 0 Å². The van der Waals surface area contributed by atoms with Gasteiger partial charge in [-0.2, -0.15) is 10.2 Å². The van der Waals surface area contributed by atoms with Crippen LogP contribution in [0.1, 0.15) is 16.7 Å². The summed E-state index contributed by atoms with van der Waals surface area (Å²) in [5.41, 5.74) is 7.60. The molecule has 0 unspecified atom stereocenters. The van der Waals surface area contributed by atoms with Gasteiger partial charge in [-0.25, -0.2) is 23.2 Å². The van der Waals surface area contributed by atoms with E-state index in [-0.39, 0.29) is 4.90 Å². The molecule has 4 rings (SSSR count). The Labute approximate surface area is 204 Å². The summed E-state index contributed by atoms with van der Waals surface area (Å²) in [5, 5.41) is 8.75. The summed E-state index contributed by atoms with van der Waals surface area (Å²) < 4.78 is 28.8. The molecule has 9 heteroatoms. The van der Waals surface area contributed by atoms with Crippen LogP contribution in [0.15, 0.2) is 95.1 Å². The van der Waals surface area contributed by atoms with Gasteiger partial charge in [0.15, 0.2) is 0 Å². The Morgan fingerprint density at radius 1 is 0.971 bits per heavy atom. The fourth-order valence-corrected chi connectivity index (χ4v) is 4.37. The van der Waals surface area contributed by atoms with Crippen molar-refractivity contribution in [2.24, 2.45) is 5.10 Å². The van der Waals surface area contributed by atoms with E-state index in [4.69, 9.17) is 5.10 Å². The fraction of sp³-hybridized carbons (Fsp3) is 0.115. The number of para-hydroxylation sites is 1. The minimum absolute atomic E-state index is 0.0931. The number of hydrogen-bond donors (Lipinski definition) is 2. The summed E-state index contributed by atoms with van der Waals surface area (Å²) in [6.45, 7) is 3.42. The molecule has 0 saturated carbocycles. The van der Waals surface area contributed by atoms with Crippen molar-refractivity contribution in [3.05, 3.63) is 102 Å². The molecule has 0 aliphatic heterocycles. The molecule has 2 N–H and O–H groups in total. The normalized spacial score (nSPS) is 11.6. The number of sulfonamides is 1. The second-order valence-electron chi connectivity index (χ2n) is 8.01. The third kappa shape index (κ3) is 6.08. The molecule has 0 atom stereocenters. The zero-order valence-corrected chi connectivity index (χ0v) is 20.2. The van der Waals surface area contributed by atoms with E-state index in [2.05, 4.69) is 15.2 Å². The molecule has 0 aliphatic rings. The highest BCUT2D eigenvalue weighted by Gasteiger charge is 2.15. The van der Waals surface area contributed by atoms with Crippen molar-refractivity contribution in [3.8, 4) is 16.9 Å². The molecular weight excluding hydrogens is 462 g/mol. The predicted molar refractivity (Wildman–Crippen MR) is 136 cm³/mol. The SMILES string of the molecule is Cc1ccc(S(=O)(=O)NCC(=O)NN=Cc2cn(-c3ccccc3)nc2-c2cccc(C)c2)cc1. The van der Waals surface area contributed by atoms with Crippen LogP contribution >= 0.6 is 0 Å². The smallest absolute Gasteiger partial charge is 0.255 e. The number of amides is 1. The quantitative estimate of drug-likeness (QED) is 0.293. The van der Waals surface area contributed by atoms with Crippen molar-refractivity contribution >= 4 is 22.1 Å². The summed E-state index contributed by atoms with van der Waals surface area (Å²) in [5.74, 6) is -0.593. The number of carbonyl (C=O) groups excluding carboxylic acids is 1. The van der Waals surface area contributed by atoms with E-state index >= 15 is 0 Å². The fourth-order valence-electron chi connectivity index (χ4n) is 3.39. The zero-order valence-electron chi connectivity index (χ0n) is 19.3. The maximum Gasteiger partial charge on any atom is 0.255 e. The molecule has 8 nitrogen and oxygen atoms in total. The molecule has 0 fully saturated rings. The molecule has 0 radical (unpaired) electrons. The molecule has 35 heavy (non-hydrogen) atoms. The number of aryl methyl sites for hydroxylation is 2. The summed E-state index contributed by atoms with van der Waals surface area (Å²) in [6.07, 6.45) is 3.32. The number of hydrogen-bond acceptors (Lipinski definition) is 5. The molecule has 0 aliphatic carbocycles. The van der Waals surface area contributed by atoms with Crippen LogP contribution in [0, 0.1) is 13.8 Å². The van der Waals surface area contributed by atoms with Crippen molar-refractivity contribution in [1.29, 1.82) is 0 Å². The van der Waals surface area contributed by atoms with Gasteiger partial charge in [0, 0.05) is 17.3 Å². The van der Waals surface area contributed by atoms with Gasteiger partial charge in [-0.05, 0) is 44.2 Å². The molecule has 4 aromatic rings. The summed E-state index contributed by atoms with van der Waals surface area (Å²) in [7, 11) is -3.80. The Balaban J connectivity index is 1.48. The van der Waals surface area contributed by atoms with Crippen molar-refractivity contribution in [1.82, 2.24) is 19.9 Å². The van der Waals surface area contributed by atoms with Gasteiger partial charge in [-0.3, -0.25) is 4.79 Å². The molecule has 0 bridgehead atoms. The van der Waals surface area contributed by atoms with E-state index in [1.165, 1.54) is 18.3 Å². The lowest BCUT2D eigenvalue weighted by atomic mass is 10.1. The van der Waals surface area contributed by atoms with Crippen LogP contribution in [-0.4, -0.2) is 36.9 Å². The average molecular weight is 488 g/mol. The van der Waals surface area contributed by atoms with Crippen LogP contribution in [-0.2, 0) is 14.8 Å². The minimum Gasteiger partial charge on any atom is -0.272 e. The van der Waals surface area contributed by atoms with E-state index in [0.717, 1.165) is 22.4 Å². The lowest BCUT2D eigenvalue weighted by Crippen LogP contribution is -2.34. The maximum absolute atomic E-state index is 12.4. The number of rotatable bonds is 8. The van der Waals surface area contributed by atoms with Gasteiger partial charge in [0.2, 0.25) is 10.0 Å². The second-order valence-corrected chi connectivity index (χ2v) is 9.78. The van der Waals surface area contributed by atoms with Gasteiger partial charge in [0.25, 0.3) is 5.91 Å². The predicted octanol–water partition coefficient (Wildman–Crippen LogP) is 3.58. The summed E-state index contributed by atoms with van der Waals surface area (Å²) in [6, 6.07) is 24.0. The van der Waals surface area contributed by atoms with Crippen molar-refractivity contribution in [2.45, 2.75) is 18.7 Å². The topological polar surface area (TPSA) is 105 Å². The molecule has 0 spiro atoms. The van der Waals surface area contributed by atoms with Crippen molar-refractivity contribution in [2.75, 3.05) is 6.54 Å². The number of carbonyl (C=O) groups is 1. The molecule has 3 aromatic carbocycles. The standard InChI is InChI=1S/C26H25N5O3S/c1-19-11-13-24(14-12-19)35(33,34)28-17-25(32)29-27-16-22-18-31(23-9-4-3-5-10-23)30-26(22)21-8-6-7-20(2)15-21/h3-16,18,28H,17H2,1-2H3,(H,29,32). The average Bonchev–Trinajstić information content (AvgIpc) is 3.28. The molecule has 1 amide bonds. The second kappa shape index (κ2) is 10.5. The maximum atomic E-state index is 12.4. The Morgan fingerprint density at radius 2 is 1.71 bits per heavy atom. The number of benzene rings is 3. The van der Waals surface area contributed by atoms with Gasteiger partial charge in [-0.15, -0.1) is 0 Å². The highest BCUT2D eigenvalue weighted by atomic mass is 32.2. The Morgan fingerprint density at radius 3 is 2.43 bits per heavy atom. The van der Waals surface area contributed by atoms with Gasteiger partial charge in [-0.1, -0.05) is 59.7 Å². The number of nitrogens with zero attached hydrogens (tertiary/aromatic N) is 3. The Bertz CT molecular complexity index is 1460. The van der Waals surface area contributed by atoms with Crippen LogP contribution in [0.25, 0.3) is 16.9 Å². The first-order valence-electron chi connectivity index (χ1n) is 10.9. The third-order valence-electron chi connectivity index (χ3n) is 5.20. The first kappa shape index (κ1) is 24.1. The Hall–Kier alpha value is -4.08. The van der Waals surface area contributed by atoms with E-state index in [0.29, 0.717) is 11.3 Å². The summed E-state index contributed by atoms with van der Waals surface area (Å²) in [4.78, 5) is 12.3. The Kier molecular flexibility index (Phi) is 7.19. The lowest BCUT2D eigenvalue weighted by molar-refractivity contribution is -0.119. The number of nitrogens with one attached hydrogen (secondary N) is 2. The summed E-state index contributed by atoms with van der Waals surface area (Å²) >= 11 is 0. The number of hydrazone groups is 1. The van der Waals surface area contributed by atoms with Crippen molar-refractivity contribution < 1.29 is 13.2 Å². The monoisotopic (exact) mass is 487 g/mol. The number of aromatic nitrogens is 2. The molecular formula is C26H25N5O3S. The van der Waals surface area contributed by atoms with E-state index in [1.807, 2.05) is 74.6 Å². The van der Waals surface area contributed by atoms with Gasteiger partial charge >= 0.3 is 0 Å². The first-order valence-corrected chi connectivity index (χ1v) is 12.4. The van der Waals surface area contributed by atoms with Gasteiger partial charge in [0.1, 0.15) is 5.69 Å². The molecule has 1 heterocycles. The largest absolute Gasteiger partial charge is 0.272 e. The highest BCUT2D eigenvalue weighted by molar-refractivity contribution is 7.89. The third-order valence-corrected chi connectivity index (χ3v) is 6.62. The van der Waals surface area contributed by atoms with Crippen LogP contribution in [0.4, 0.5) is 0 Å². The molecule has 0 saturated heterocycles. The van der Waals surface area contributed by atoms with Crippen LogP contribution in [0.5, 0.6) is 0 Å². The van der Waals surface area contributed by atoms with E-state index in [9.17, 15) is 13.2 Å².